The van der Waals surface area contributed by atoms with Crippen LogP contribution in [0.4, 0.5) is 0 Å². The summed E-state index contributed by atoms with van der Waals surface area (Å²) >= 11 is 0. The maximum atomic E-state index is 12.9. The minimum absolute atomic E-state index is 0.0232. The zero-order chi connectivity index (χ0) is 25.0. The first kappa shape index (κ1) is 24.1. The van der Waals surface area contributed by atoms with Crippen molar-refractivity contribution in [3.63, 3.8) is 0 Å². The summed E-state index contributed by atoms with van der Waals surface area (Å²) in [7, 11) is -3.84. The Balaban J connectivity index is 1.56. The van der Waals surface area contributed by atoms with Crippen molar-refractivity contribution in [2.75, 3.05) is 6.61 Å². The summed E-state index contributed by atoms with van der Waals surface area (Å²) < 4.78 is 31.6. The molecular formula is C27H34N2O5S. The molecule has 0 spiro atoms. The predicted octanol–water partition coefficient (Wildman–Crippen LogP) is 4.46. The minimum atomic E-state index is -3.84. The van der Waals surface area contributed by atoms with Gasteiger partial charge in [-0.25, -0.2) is 0 Å². The topological polar surface area (TPSA) is 108 Å². The van der Waals surface area contributed by atoms with Gasteiger partial charge >= 0.3 is 0 Å². The zero-order valence-corrected chi connectivity index (χ0v) is 21.3. The number of aromatic hydroxyl groups is 1. The van der Waals surface area contributed by atoms with Gasteiger partial charge in [0, 0.05) is 5.56 Å². The summed E-state index contributed by atoms with van der Waals surface area (Å²) in [5, 5.41) is 25.8. The summed E-state index contributed by atoms with van der Waals surface area (Å²) in [5.41, 5.74) is 3.26. The normalized spacial score (nSPS) is 30.9. The molecule has 0 bridgehead atoms. The summed E-state index contributed by atoms with van der Waals surface area (Å²) in [6.45, 7) is 6.41. The number of hydrogen-bond acceptors (Lipinski definition) is 6. The second kappa shape index (κ2) is 8.82. The summed E-state index contributed by atoms with van der Waals surface area (Å²) in [6.07, 6.45) is 3.90. The number of aryl methyl sites for hydroxylation is 1. The highest BCUT2D eigenvalue weighted by molar-refractivity contribution is 7.89. The van der Waals surface area contributed by atoms with Crippen LogP contribution in [0.25, 0.3) is 0 Å². The SMILES string of the molecule is CCOc1cc2c(cc1O)C(=NNS(=O)(=O)c1ccc(C)cc1)CC1C2CCC2(C)C(O)CCC12. The molecule has 8 heteroatoms. The molecular weight excluding hydrogens is 464 g/mol. The molecule has 5 atom stereocenters. The number of sulfonamides is 1. The number of phenols is 1. The van der Waals surface area contributed by atoms with Crippen LogP contribution in [0.3, 0.4) is 0 Å². The number of hydrogen-bond donors (Lipinski definition) is 3. The number of hydrazone groups is 1. The van der Waals surface area contributed by atoms with Crippen LogP contribution in [0.2, 0.25) is 0 Å². The van der Waals surface area contributed by atoms with Gasteiger partial charge in [0.25, 0.3) is 10.0 Å². The van der Waals surface area contributed by atoms with Gasteiger partial charge in [0.1, 0.15) is 0 Å². The number of aliphatic hydroxyl groups is 1. The number of ether oxygens (including phenoxy) is 1. The summed E-state index contributed by atoms with van der Waals surface area (Å²) in [5.74, 6) is 1.27. The van der Waals surface area contributed by atoms with Crippen LogP contribution < -0.4 is 9.57 Å². The molecule has 0 amide bonds. The molecule has 7 nitrogen and oxygen atoms in total. The second-order valence-corrected chi connectivity index (χ2v) is 12.2. The number of phenolic OH excluding ortho intramolecular Hbond substituents is 1. The van der Waals surface area contributed by atoms with E-state index in [2.05, 4.69) is 16.9 Å². The standard InChI is InChI=1S/C27H34N2O5S/c1-4-34-25-15-19-18-11-12-27(3)22(9-10-26(27)31)20(18)13-23(21(19)14-24(25)30)28-29-35(32,33)17-7-5-16(2)6-8-17/h5-8,14-15,18,20,22,26,29-31H,4,9-13H2,1-3H3. The molecule has 3 aliphatic rings. The molecule has 188 valence electrons. The Labute approximate surface area is 207 Å². The Morgan fingerprint density at radius 2 is 1.91 bits per heavy atom. The molecule has 0 aromatic heterocycles. The predicted molar refractivity (Wildman–Crippen MR) is 134 cm³/mol. The highest BCUT2D eigenvalue weighted by Crippen LogP contribution is 2.61. The Kier molecular flexibility index (Phi) is 6.08. The van der Waals surface area contributed by atoms with Crippen molar-refractivity contribution in [2.24, 2.45) is 22.4 Å². The lowest BCUT2D eigenvalue weighted by Gasteiger charge is -2.50. The van der Waals surface area contributed by atoms with E-state index >= 15 is 0 Å². The quantitative estimate of drug-likeness (QED) is 0.528. The van der Waals surface area contributed by atoms with E-state index < -0.39 is 10.0 Å². The average Bonchev–Trinajstić information content (AvgIpc) is 3.13. The van der Waals surface area contributed by atoms with Gasteiger partial charge in [-0.15, -0.1) is 0 Å². The van der Waals surface area contributed by atoms with Gasteiger partial charge in [0.05, 0.1) is 23.3 Å². The fraction of sp³-hybridized carbons (Fsp3) is 0.519. The third-order valence-electron chi connectivity index (χ3n) is 8.59. The minimum Gasteiger partial charge on any atom is -0.504 e. The molecule has 35 heavy (non-hydrogen) atoms. The van der Waals surface area contributed by atoms with Crippen molar-refractivity contribution in [2.45, 2.75) is 69.8 Å². The molecule has 0 aliphatic heterocycles. The largest absolute Gasteiger partial charge is 0.504 e. The van der Waals surface area contributed by atoms with Gasteiger partial charge in [-0.05, 0) is 98.9 Å². The van der Waals surface area contributed by atoms with Crippen molar-refractivity contribution >= 4 is 15.7 Å². The van der Waals surface area contributed by atoms with Gasteiger partial charge < -0.3 is 14.9 Å². The number of nitrogens with zero attached hydrogens (tertiary/aromatic N) is 1. The highest BCUT2D eigenvalue weighted by atomic mass is 32.2. The van der Waals surface area contributed by atoms with E-state index in [0.717, 1.165) is 42.4 Å². The van der Waals surface area contributed by atoms with Crippen LogP contribution in [0.15, 0.2) is 46.4 Å². The van der Waals surface area contributed by atoms with Crippen LogP contribution in [-0.2, 0) is 10.0 Å². The molecule has 2 aromatic rings. The van der Waals surface area contributed by atoms with E-state index in [1.54, 1.807) is 30.3 Å². The third-order valence-corrected chi connectivity index (χ3v) is 9.81. The average molecular weight is 499 g/mol. The lowest BCUT2D eigenvalue weighted by atomic mass is 9.55. The van der Waals surface area contributed by atoms with E-state index in [9.17, 15) is 18.6 Å². The maximum Gasteiger partial charge on any atom is 0.276 e. The summed E-state index contributed by atoms with van der Waals surface area (Å²) in [4.78, 5) is 2.59. The molecule has 2 aromatic carbocycles. The van der Waals surface area contributed by atoms with Crippen LogP contribution >= 0.6 is 0 Å². The van der Waals surface area contributed by atoms with E-state index in [0.29, 0.717) is 30.4 Å². The first-order valence-electron chi connectivity index (χ1n) is 12.5. The number of rotatable bonds is 5. The Bertz CT molecular complexity index is 1260. The molecule has 2 saturated carbocycles. The summed E-state index contributed by atoms with van der Waals surface area (Å²) in [6, 6.07) is 10.2. The van der Waals surface area contributed by atoms with E-state index in [-0.39, 0.29) is 34.0 Å². The number of benzene rings is 2. The fourth-order valence-electron chi connectivity index (χ4n) is 6.67. The lowest BCUT2D eigenvalue weighted by molar-refractivity contribution is -0.0177. The zero-order valence-electron chi connectivity index (χ0n) is 20.5. The molecule has 5 rings (SSSR count). The fourth-order valence-corrected chi connectivity index (χ4v) is 7.50. The number of fused-ring (bicyclic) bond motifs is 5. The third kappa shape index (κ3) is 4.10. The Morgan fingerprint density at radius 1 is 1.17 bits per heavy atom. The molecule has 5 unspecified atom stereocenters. The van der Waals surface area contributed by atoms with Crippen LogP contribution in [0, 0.1) is 24.2 Å². The van der Waals surface area contributed by atoms with Crippen molar-refractivity contribution in [1.29, 1.82) is 0 Å². The molecule has 0 heterocycles. The van der Waals surface area contributed by atoms with Gasteiger partial charge in [0.15, 0.2) is 11.5 Å². The van der Waals surface area contributed by atoms with Crippen LogP contribution in [0.1, 0.15) is 68.6 Å². The van der Waals surface area contributed by atoms with Gasteiger partial charge in [0.2, 0.25) is 0 Å². The van der Waals surface area contributed by atoms with Crippen LogP contribution in [-0.4, -0.2) is 37.1 Å². The van der Waals surface area contributed by atoms with Crippen molar-refractivity contribution in [3.8, 4) is 11.5 Å². The van der Waals surface area contributed by atoms with Gasteiger partial charge in [-0.3, -0.25) is 0 Å². The van der Waals surface area contributed by atoms with Gasteiger partial charge in [-0.2, -0.15) is 18.4 Å². The monoisotopic (exact) mass is 498 g/mol. The Morgan fingerprint density at radius 3 is 2.63 bits per heavy atom. The molecule has 3 aliphatic carbocycles. The first-order chi connectivity index (χ1) is 16.6. The van der Waals surface area contributed by atoms with Crippen molar-refractivity contribution < 1.29 is 23.4 Å². The van der Waals surface area contributed by atoms with Crippen molar-refractivity contribution in [3.05, 3.63) is 53.1 Å². The van der Waals surface area contributed by atoms with Gasteiger partial charge in [-0.1, -0.05) is 24.6 Å². The Hall–Kier alpha value is -2.58. The lowest BCUT2D eigenvalue weighted by Crippen LogP contribution is -2.45. The smallest absolute Gasteiger partial charge is 0.276 e. The van der Waals surface area contributed by atoms with E-state index in [4.69, 9.17) is 4.74 Å². The molecule has 3 N–H and O–H groups in total. The first-order valence-corrected chi connectivity index (χ1v) is 14.0. The number of aliphatic hydroxyl groups excluding tert-OH is 1. The second-order valence-electron chi connectivity index (χ2n) is 10.5. The van der Waals surface area contributed by atoms with Crippen molar-refractivity contribution in [1.82, 2.24) is 4.83 Å². The molecule has 0 saturated heterocycles. The van der Waals surface area contributed by atoms with E-state index in [1.807, 2.05) is 19.9 Å². The van der Waals surface area contributed by atoms with Crippen LogP contribution in [0.5, 0.6) is 11.5 Å². The maximum absolute atomic E-state index is 12.9. The molecule has 0 radical (unpaired) electrons. The van der Waals surface area contributed by atoms with E-state index in [1.165, 1.54) is 0 Å². The molecule has 2 fully saturated rings. The highest BCUT2D eigenvalue weighted by Gasteiger charge is 2.55. The number of nitrogens with one attached hydrogen (secondary N) is 1.